The van der Waals surface area contributed by atoms with Crippen molar-refractivity contribution in [3.05, 3.63) is 36.5 Å². The number of phosphoric ester groups is 1. The predicted molar refractivity (Wildman–Crippen MR) is 248 cm³/mol. The minimum atomic E-state index is -4.37. The molecule has 0 aromatic carbocycles. The fourth-order valence-corrected chi connectivity index (χ4v) is 7.45. The van der Waals surface area contributed by atoms with Crippen molar-refractivity contribution in [2.75, 3.05) is 40.5 Å². The molecule has 0 rings (SSSR count). The Morgan fingerprint density at radius 2 is 0.932 bits per heavy atom. The highest BCUT2D eigenvalue weighted by atomic mass is 31.2. The van der Waals surface area contributed by atoms with Gasteiger partial charge in [0.2, 0.25) is 0 Å². The van der Waals surface area contributed by atoms with Crippen molar-refractivity contribution in [3.8, 4) is 0 Å². The molecule has 0 radical (unpaired) electrons. The smallest absolute Gasteiger partial charge is 0.462 e. The molecule has 59 heavy (non-hydrogen) atoms. The second-order valence-corrected chi connectivity index (χ2v) is 18.1. The van der Waals surface area contributed by atoms with E-state index in [0.717, 1.165) is 32.1 Å². The molecule has 0 aromatic rings. The minimum absolute atomic E-state index is 0.00105. The van der Waals surface area contributed by atoms with Crippen LogP contribution in [-0.2, 0) is 32.7 Å². The van der Waals surface area contributed by atoms with Crippen molar-refractivity contribution < 1.29 is 37.6 Å². The topological polar surface area (TPSA) is 112 Å². The first-order chi connectivity index (χ1) is 28.7. The van der Waals surface area contributed by atoms with Gasteiger partial charge in [-0.15, -0.1) is 0 Å². The maximum absolute atomic E-state index is 12.7. The zero-order valence-corrected chi connectivity index (χ0v) is 39.6. The molecule has 0 spiro atoms. The van der Waals surface area contributed by atoms with Gasteiger partial charge in [0.25, 0.3) is 0 Å². The van der Waals surface area contributed by atoms with Crippen LogP contribution in [0.3, 0.4) is 0 Å². The van der Waals surface area contributed by atoms with Gasteiger partial charge in [-0.2, -0.15) is 0 Å². The van der Waals surface area contributed by atoms with Crippen LogP contribution in [0.4, 0.5) is 0 Å². The first kappa shape index (κ1) is 57.2. The van der Waals surface area contributed by atoms with E-state index in [0.29, 0.717) is 19.4 Å². The molecule has 0 aromatic heterocycles. The van der Waals surface area contributed by atoms with E-state index < -0.39 is 32.5 Å². The molecule has 0 saturated heterocycles. The molecule has 0 aliphatic carbocycles. The van der Waals surface area contributed by atoms with Crippen molar-refractivity contribution in [2.45, 2.75) is 225 Å². The predicted octanol–water partition coefficient (Wildman–Crippen LogP) is 14.3. The zero-order valence-electron chi connectivity index (χ0n) is 38.7. The van der Waals surface area contributed by atoms with Gasteiger partial charge in [-0.05, 0) is 59.0 Å². The Balaban J connectivity index is 4.27. The number of esters is 2. The molecule has 2 atom stereocenters. The number of hydrogen-bond donors (Lipinski definition) is 1. The monoisotopic (exact) mass is 854 g/mol. The average Bonchev–Trinajstić information content (AvgIpc) is 3.20. The summed E-state index contributed by atoms with van der Waals surface area (Å²) in [4.78, 5) is 37.1. The third kappa shape index (κ3) is 45.6. The average molecular weight is 854 g/mol. The Bertz CT molecular complexity index is 1080. The maximum Gasteiger partial charge on any atom is 0.472 e. The zero-order chi connectivity index (χ0) is 43.3. The van der Waals surface area contributed by atoms with Crippen LogP contribution < -0.4 is 0 Å². The van der Waals surface area contributed by atoms with Gasteiger partial charge in [0.1, 0.15) is 6.61 Å². The van der Waals surface area contributed by atoms with Crippen molar-refractivity contribution >= 4 is 19.8 Å². The number of phosphoric acid groups is 1. The maximum atomic E-state index is 12.7. The molecule has 0 saturated carbocycles. The van der Waals surface area contributed by atoms with Gasteiger partial charge in [-0.3, -0.25) is 18.6 Å². The third-order valence-corrected chi connectivity index (χ3v) is 11.4. The fourth-order valence-electron chi connectivity index (χ4n) is 6.70. The Morgan fingerprint density at radius 1 is 0.525 bits per heavy atom. The summed E-state index contributed by atoms with van der Waals surface area (Å²) in [5.74, 6) is -0.855. The molecule has 0 fully saturated rings. The Labute approximate surface area is 363 Å². The lowest BCUT2D eigenvalue weighted by Crippen LogP contribution is -2.29. The number of hydrogen-bond acceptors (Lipinski definition) is 8. The van der Waals surface area contributed by atoms with Crippen LogP contribution in [0.15, 0.2) is 36.5 Å². The standard InChI is InChI=1S/C49H92NO8P/c1-5-7-9-11-13-15-17-19-21-23-24-26-28-30-32-34-36-38-40-42-49(52)58-47(46-57-59(53,54)56-44-43-50(3)4)45-55-48(51)41-39-37-35-33-31-29-27-25-22-20-18-16-14-12-10-8-6-2/h20,22,27,29,33,35,47H,5-19,21,23-26,28,30-32,34,36-46H2,1-4H3,(H,53,54)/b22-20-,29-27-,35-33-. The Hall–Kier alpha value is -1.77. The van der Waals surface area contributed by atoms with Crippen LogP contribution >= 0.6 is 7.82 Å². The van der Waals surface area contributed by atoms with E-state index in [1.807, 2.05) is 19.0 Å². The van der Waals surface area contributed by atoms with E-state index in [9.17, 15) is 19.0 Å². The van der Waals surface area contributed by atoms with Crippen molar-refractivity contribution in [1.29, 1.82) is 0 Å². The van der Waals surface area contributed by atoms with Crippen LogP contribution in [0.5, 0.6) is 0 Å². The normalized spacial score (nSPS) is 13.6. The van der Waals surface area contributed by atoms with E-state index in [1.165, 1.54) is 148 Å². The van der Waals surface area contributed by atoms with Gasteiger partial charge in [-0.25, -0.2) is 4.57 Å². The summed E-state index contributed by atoms with van der Waals surface area (Å²) in [6.45, 7) is 4.29. The van der Waals surface area contributed by atoms with Crippen LogP contribution in [0.25, 0.3) is 0 Å². The Morgan fingerprint density at radius 3 is 1.41 bits per heavy atom. The minimum Gasteiger partial charge on any atom is -0.462 e. The van der Waals surface area contributed by atoms with Crippen molar-refractivity contribution in [1.82, 2.24) is 4.90 Å². The first-order valence-corrected chi connectivity index (χ1v) is 25.8. The van der Waals surface area contributed by atoms with E-state index in [4.69, 9.17) is 18.5 Å². The lowest BCUT2D eigenvalue weighted by molar-refractivity contribution is -0.161. The molecular weight excluding hydrogens is 762 g/mol. The summed E-state index contributed by atoms with van der Waals surface area (Å²) in [7, 11) is -0.728. The van der Waals surface area contributed by atoms with Crippen LogP contribution in [0.2, 0.25) is 0 Å². The van der Waals surface area contributed by atoms with E-state index in [-0.39, 0.29) is 26.1 Å². The van der Waals surface area contributed by atoms with Crippen LogP contribution in [-0.4, -0.2) is 68.3 Å². The summed E-state index contributed by atoms with van der Waals surface area (Å²) in [6, 6.07) is 0. The highest BCUT2D eigenvalue weighted by Crippen LogP contribution is 2.43. The molecule has 9 nitrogen and oxygen atoms in total. The van der Waals surface area contributed by atoms with E-state index in [1.54, 1.807) is 0 Å². The highest BCUT2D eigenvalue weighted by Gasteiger charge is 2.26. The number of rotatable bonds is 45. The molecular formula is C49H92NO8P. The summed E-state index contributed by atoms with van der Waals surface area (Å²) < 4.78 is 33.5. The molecule has 0 aliphatic rings. The third-order valence-electron chi connectivity index (χ3n) is 10.4. The quantitative estimate of drug-likeness (QED) is 0.0277. The lowest BCUT2D eigenvalue weighted by atomic mass is 10.0. The largest absolute Gasteiger partial charge is 0.472 e. The number of carbonyl (C=O) groups is 2. The molecule has 0 heterocycles. The van der Waals surface area contributed by atoms with E-state index >= 15 is 0 Å². The second kappa shape index (κ2) is 44.3. The van der Waals surface area contributed by atoms with Crippen molar-refractivity contribution in [2.24, 2.45) is 0 Å². The first-order valence-electron chi connectivity index (χ1n) is 24.3. The van der Waals surface area contributed by atoms with Crippen molar-refractivity contribution in [3.63, 3.8) is 0 Å². The van der Waals surface area contributed by atoms with Crippen LogP contribution in [0.1, 0.15) is 219 Å². The van der Waals surface area contributed by atoms with E-state index in [2.05, 4.69) is 50.3 Å². The van der Waals surface area contributed by atoms with Gasteiger partial charge in [-0.1, -0.05) is 198 Å². The highest BCUT2D eigenvalue weighted by molar-refractivity contribution is 7.47. The summed E-state index contributed by atoms with van der Waals surface area (Å²) in [5.41, 5.74) is 0. The molecule has 2 unspecified atom stereocenters. The van der Waals surface area contributed by atoms with Gasteiger partial charge < -0.3 is 19.3 Å². The lowest BCUT2D eigenvalue weighted by Gasteiger charge is -2.20. The Kier molecular flexibility index (Phi) is 43.0. The van der Waals surface area contributed by atoms with Gasteiger partial charge in [0.15, 0.2) is 6.10 Å². The molecule has 0 amide bonds. The van der Waals surface area contributed by atoms with Gasteiger partial charge in [0.05, 0.1) is 13.2 Å². The molecule has 0 aliphatic heterocycles. The molecule has 10 heteroatoms. The number of unbranched alkanes of at least 4 members (excludes halogenated alkanes) is 25. The SMILES string of the molecule is CCCCCCCC/C=C\C/C=C\C/C=C\CCCC(=O)OCC(COP(=O)(O)OCCN(C)C)OC(=O)CCCCCCCCCCCCCCCCCCCCC. The molecule has 346 valence electrons. The number of nitrogens with zero attached hydrogens (tertiary/aromatic N) is 1. The van der Waals surface area contributed by atoms with Crippen LogP contribution in [0, 0.1) is 0 Å². The number of likely N-dealkylation sites (N-methyl/N-ethyl adjacent to an activating group) is 1. The van der Waals surface area contributed by atoms with Gasteiger partial charge in [0, 0.05) is 19.4 Å². The molecule has 0 bridgehead atoms. The summed E-state index contributed by atoms with van der Waals surface area (Å²) >= 11 is 0. The number of allylic oxidation sites excluding steroid dienone is 6. The summed E-state index contributed by atoms with van der Waals surface area (Å²) in [6.07, 6.45) is 49.2. The van der Waals surface area contributed by atoms with Gasteiger partial charge >= 0.3 is 19.8 Å². The second-order valence-electron chi connectivity index (χ2n) is 16.6. The number of carbonyl (C=O) groups excluding carboxylic acids is 2. The fraction of sp³-hybridized carbons (Fsp3) is 0.837. The summed E-state index contributed by atoms with van der Waals surface area (Å²) in [5, 5.41) is 0. The molecule has 1 N–H and O–H groups in total. The number of ether oxygens (including phenoxy) is 2.